The number of amides is 1. The molecular weight excluding hydrogens is 347 g/mol. The van der Waals surface area contributed by atoms with Gasteiger partial charge in [0, 0.05) is 12.1 Å². The molecule has 1 heterocycles. The zero-order valence-corrected chi connectivity index (χ0v) is 15.9. The van der Waals surface area contributed by atoms with Gasteiger partial charge in [0.15, 0.2) is 0 Å². The molecule has 1 aromatic heterocycles. The van der Waals surface area contributed by atoms with Crippen LogP contribution in [0, 0.1) is 13.8 Å². The first-order valence-electron chi connectivity index (χ1n) is 7.64. The summed E-state index contributed by atoms with van der Waals surface area (Å²) in [5, 5.41) is 7.46. The average Bonchev–Trinajstić information content (AvgIpc) is 2.84. The van der Waals surface area contributed by atoms with Crippen molar-refractivity contribution in [2.45, 2.75) is 39.7 Å². The van der Waals surface area contributed by atoms with Crippen LogP contribution in [0.1, 0.15) is 42.8 Å². The van der Waals surface area contributed by atoms with Crippen molar-refractivity contribution in [3.63, 3.8) is 0 Å². The van der Waals surface area contributed by atoms with Crippen molar-refractivity contribution >= 4 is 30.7 Å². The number of carbonyl (C=O) groups is 1. The number of rotatable bonds is 6. The van der Waals surface area contributed by atoms with Crippen molar-refractivity contribution in [1.82, 2.24) is 15.1 Å². The first-order valence-corrected chi connectivity index (χ1v) is 7.64. The lowest BCUT2D eigenvalue weighted by Crippen LogP contribution is -2.26. The molecule has 0 aliphatic carbocycles. The zero-order valence-electron chi connectivity index (χ0n) is 14.3. The lowest BCUT2D eigenvalue weighted by molar-refractivity contribution is -0.121. The Balaban J connectivity index is 0.00000264. The van der Waals surface area contributed by atoms with Gasteiger partial charge in [0.1, 0.15) is 0 Å². The summed E-state index contributed by atoms with van der Waals surface area (Å²) >= 11 is 0. The van der Waals surface area contributed by atoms with E-state index in [4.69, 9.17) is 5.73 Å². The average molecular weight is 373 g/mol. The molecule has 1 amide bonds. The second-order valence-electron chi connectivity index (χ2n) is 5.61. The van der Waals surface area contributed by atoms with Crippen molar-refractivity contribution < 1.29 is 4.79 Å². The van der Waals surface area contributed by atoms with Gasteiger partial charge in [-0.15, -0.1) is 24.8 Å². The molecule has 7 heteroatoms. The first kappa shape index (κ1) is 22.4. The molecule has 0 fully saturated rings. The Labute approximate surface area is 155 Å². The number of halogens is 2. The lowest BCUT2D eigenvalue weighted by Gasteiger charge is -2.15. The Morgan fingerprint density at radius 2 is 1.88 bits per heavy atom. The number of benzene rings is 1. The van der Waals surface area contributed by atoms with Gasteiger partial charge in [-0.2, -0.15) is 5.10 Å². The molecule has 0 aliphatic rings. The summed E-state index contributed by atoms with van der Waals surface area (Å²) in [7, 11) is 0. The van der Waals surface area contributed by atoms with Crippen LogP contribution in [-0.4, -0.2) is 22.2 Å². The fourth-order valence-corrected chi connectivity index (χ4v) is 2.45. The molecule has 0 spiro atoms. The van der Waals surface area contributed by atoms with Crippen molar-refractivity contribution in [1.29, 1.82) is 0 Å². The van der Waals surface area contributed by atoms with Crippen molar-refractivity contribution in [2.75, 3.05) is 6.54 Å². The van der Waals surface area contributed by atoms with Crippen LogP contribution in [-0.2, 0) is 4.79 Å². The van der Waals surface area contributed by atoms with Gasteiger partial charge in [0.25, 0.3) is 0 Å². The predicted molar refractivity (Wildman–Crippen MR) is 102 cm³/mol. The molecule has 1 atom stereocenters. The van der Waals surface area contributed by atoms with Gasteiger partial charge in [0.05, 0.1) is 17.4 Å². The molecule has 2 aromatic rings. The SMILES string of the molecule is Cc1cc(C)n(-c2ccc(C(C)NC(=O)CCCN)cc2)n1.Cl.Cl. The van der Waals surface area contributed by atoms with E-state index in [2.05, 4.69) is 10.4 Å². The van der Waals surface area contributed by atoms with Gasteiger partial charge in [-0.3, -0.25) is 4.79 Å². The maximum atomic E-state index is 11.7. The number of nitrogens with zero attached hydrogens (tertiary/aromatic N) is 2. The van der Waals surface area contributed by atoms with Gasteiger partial charge < -0.3 is 11.1 Å². The molecule has 2 rings (SSSR count). The molecule has 0 saturated heterocycles. The summed E-state index contributed by atoms with van der Waals surface area (Å²) in [5.74, 6) is 0.0422. The Morgan fingerprint density at radius 1 is 1.25 bits per heavy atom. The number of aryl methyl sites for hydroxylation is 2. The van der Waals surface area contributed by atoms with E-state index >= 15 is 0 Å². The summed E-state index contributed by atoms with van der Waals surface area (Å²) in [4.78, 5) is 11.7. The number of nitrogens with one attached hydrogen (secondary N) is 1. The van der Waals surface area contributed by atoms with Gasteiger partial charge in [-0.1, -0.05) is 12.1 Å². The van der Waals surface area contributed by atoms with Crippen molar-refractivity contribution in [3.05, 3.63) is 47.3 Å². The molecule has 0 saturated carbocycles. The topological polar surface area (TPSA) is 72.9 Å². The van der Waals surface area contributed by atoms with Gasteiger partial charge in [-0.05, 0) is 57.5 Å². The number of hydrogen-bond acceptors (Lipinski definition) is 3. The van der Waals surface area contributed by atoms with Crippen LogP contribution in [0.25, 0.3) is 5.69 Å². The van der Waals surface area contributed by atoms with Crippen LogP contribution in [0.2, 0.25) is 0 Å². The number of aromatic nitrogens is 2. The third kappa shape index (κ3) is 5.82. The van der Waals surface area contributed by atoms with E-state index in [1.54, 1.807) is 0 Å². The maximum absolute atomic E-state index is 11.7. The molecule has 3 N–H and O–H groups in total. The minimum Gasteiger partial charge on any atom is -0.350 e. The number of nitrogens with two attached hydrogens (primary N) is 1. The van der Waals surface area contributed by atoms with Gasteiger partial charge >= 0.3 is 0 Å². The molecule has 0 bridgehead atoms. The van der Waals surface area contributed by atoms with Crippen LogP contribution < -0.4 is 11.1 Å². The van der Waals surface area contributed by atoms with E-state index in [1.165, 1.54) is 0 Å². The largest absolute Gasteiger partial charge is 0.350 e. The molecular formula is C17H26Cl2N4O. The molecule has 0 radical (unpaired) electrons. The van der Waals surface area contributed by atoms with Crippen LogP contribution in [0.4, 0.5) is 0 Å². The molecule has 134 valence electrons. The molecule has 1 unspecified atom stereocenters. The Morgan fingerprint density at radius 3 is 2.38 bits per heavy atom. The highest BCUT2D eigenvalue weighted by atomic mass is 35.5. The highest BCUT2D eigenvalue weighted by Gasteiger charge is 2.10. The van der Waals surface area contributed by atoms with E-state index in [-0.39, 0.29) is 36.8 Å². The normalized spacial score (nSPS) is 11.2. The number of hydrogen-bond donors (Lipinski definition) is 2. The summed E-state index contributed by atoms with van der Waals surface area (Å²) < 4.78 is 1.92. The lowest BCUT2D eigenvalue weighted by atomic mass is 10.1. The highest BCUT2D eigenvalue weighted by Crippen LogP contribution is 2.17. The van der Waals surface area contributed by atoms with Crippen LogP contribution >= 0.6 is 24.8 Å². The third-order valence-electron chi connectivity index (χ3n) is 3.63. The smallest absolute Gasteiger partial charge is 0.220 e. The standard InChI is InChI=1S/C17H24N4O.2ClH/c1-12-11-13(2)21(20-12)16-8-6-15(7-9-16)14(3)19-17(22)5-4-10-18;;/h6-9,11,14H,4-5,10,18H2,1-3H3,(H,19,22);2*1H. The quantitative estimate of drug-likeness (QED) is 0.817. The van der Waals surface area contributed by atoms with Gasteiger partial charge in [-0.25, -0.2) is 4.68 Å². The van der Waals surface area contributed by atoms with E-state index in [0.717, 1.165) is 29.1 Å². The predicted octanol–water partition coefficient (Wildman–Crippen LogP) is 3.25. The second-order valence-corrected chi connectivity index (χ2v) is 5.61. The minimum atomic E-state index is -0.0141. The Bertz CT molecular complexity index is 641. The molecule has 0 aliphatic heterocycles. The van der Waals surface area contributed by atoms with Crippen molar-refractivity contribution in [2.24, 2.45) is 5.73 Å². The van der Waals surface area contributed by atoms with Gasteiger partial charge in [0.2, 0.25) is 5.91 Å². The van der Waals surface area contributed by atoms with E-state index in [1.807, 2.05) is 55.8 Å². The highest BCUT2D eigenvalue weighted by molar-refractivity contribution is 5.85. The zero-order chi connectivity index (χ0) is 16.1. The van der Waals surface area contributed by atoms with Crippen molar-refractivity contribution in [3.8, 4) is 5.69 Å². The summed E-state index contributed by atoms with van der Waals surface area (Å²) in [5.41, 5.74) is 9.62. The van der Waals surface area contributed by atoms with Crippen LogP contribution in [0.3, 0.4) is 0 Å². The van der Waals surface area contributed by atoms with Crippen LogP contribution in [0.15, 0.2) is 30.3 Å². The summed E-state index contributed by atoms with van der Waals surface area (Å²) in [6.07, 6.45) is 1.19. The number of carbonyl (C=O) groups excluding carboxylic acids is 1. The fourth-order valence-electron chi connectivity index (χ4n) is 2.45. The third-order valence-corrected chi connectivity index (χ3v) is 3.63. The summed E-state index contributed by atoms with van der Waals surface area (Å²) in [6.45, 7) is 6.54. The molecule has 24 heavy (non-hydrogen) atoms. The molecule has 5 nitrogen and oxygen atoms in total. The molecule has 1 aromatic carbocycles. The van der Waals surface area contributed by atoms with E-state index in [9.17, 15) is 4.79 Å². The fraction of sp³-hybridized carbons (Fsp3) is 0.412. The van der Waals surface area contributed by atoms with E-state index < -0.39 is 0 Å². The first-order chi connectivity index (χ1) is 10.5. The minimum absolute atomic E-state index is 0. The van der Waals surface area contributed by atoms with Crippen LogP contribution in [0.5, 0.6) is 0 Å². The second kappa shape index (κ2) is 10.3. The maximum Gasteiger partial charge on any atom is 0.220 e. The Kier molecular flexibility index (Phi) is 9.66. The Hall–Kier alpha value is -1.56. The monoisotopic (exact) mass is 372 g/mol. The summed E-state index contributed by atoms with van der Waals surface area (Å²) in [6, 6.07) is 10.1. The van der Waals surface area contributed by atoms with E-state index in [0.29, 0.717) is 13.0 Å².